The van der Waals surface area contributed by atoms with Crippen LogP contribution in [0.4, 0.5) is 5.69 Å². The molecule has 6 nitrogen and oxygen atoms in total. The molecular weight excluding hydrogens is 290 g/mol. The van der Waals surface area contributed by atoms with Gasteiger partial charge in [-0.3, -0.25) is 9.36 Å². The van der Waals surface area contributed by atoms with E-state index < -0.39 is 0 Å². The largest absolute Gasteiger partial charge is 0.351 e. The second-order valence-corrected chi connectivity index (χ2v) is 5.10. The molecule has 0 unspecified atom stereocenters. The van der Waals surface area contributed by atoms with Crippen LogP contribution in [0.3, 0.4) is 0 Å². The quantitative estimate of drug-likeness (QED) is 0.611. The normalized spacial score (nSPS) is 10.8. The number of imidazole rings is 1. The van der Waals surface area contributed by atoms with Crippen LogP contribution in [0, 0.1) is 0 Å². The molecule has 0 fully saturated rings. The predicted octanol–water partition coefficient (Wildman–Crippen LogP) is 3.00. The van der Waals surface area contributed by atoms with Crippen molar-refractivity contribution in [2.75, 3.05) is 5.32 Å². The number of anilines is 1. The lowest BCUT2D eigenvalue weighted by Crippen LogP contribution is -2.12. The highest BCUT2D eigenvalue weighted by atomic mass is 16.1. The van der Waals surface area contributed by atoms with Crippen molar-refractivity contribution < 1.29 is 4.79 Å². The van der Waals surface area contributed by atoms with E-state index in [1.165, 1.54) is 0 Å². The topological polar surface area (TPSA) is 75.6 Å². The van der Waals surface area contributed by atoms with Gasteiger partial charge in [-0.1, -0.05) is 18.2 Å². The molecule has 4 rings (SSSR count). The van der Waals surface area contributed by atoms with E-state index in [4.69, 9.17) is 0 Å². The Morgan fingerprint density at radius 1 is 1.17 bits per heavy atom. The first-order valence-corrected chi connectivity index (χ1v) is 7.13. The van der Waals surface area contributed by atoms with Crippen LogP contribution >= 0.6 is 0 Å². The number of aromatic amines is 1. The number of nitrogens with one attached hydrogen (secondary N) is 2. The summed E-state index contributed by atoms with van der Waals surface area (Å²) < 4.78 is 1.79. The van der Waals surface area contributed by atoms with E-state index in [0.29, 0.717) is 11.4 Å². The van der Waals surface area contributed by atoms with Gasteiger partial charge in [0.2, 0.25) is 0 Å². The minimum Gasteiger partial charge on any atom is -0.351 e. The lowest BCUT2D eigenvalue weighted by atomic mass is 10.2. The number of benzene rings is 1. The Morgan fingerprint density at radius 2 is 2.09 bits per heavy atom. The third-order valence-corrected chi connectivity index (χ3v) is 3.55. The molecule has 1 aromatic carbocycles. The SMILES string of the molecule is O=C(Nc1ccc(-n2ccnc2)nc1)c1cc2ccccc2[nH]1. The van der Waals surface area contributed by atoms with Gasteiger partial charge in [0.05, 0.1) is 11.9 Å². The molecule has 0 aliphatic heterocycles. The highest BCUT2D eigenvalue weighted by molar-refractivity contribution is 6.05. The summed E-state index contributed by atoms with van der Waals surface area (Å²) in [5, 5.41) is 3.84. The number of carbonyl (C=O) groups excluding carboxylic acids is 1. The van der Waals surface area contributed by atoms with Gasteiger partial charge in [0, 0.05) is 23.3 Å². The minimum absolute atomic E-state index is 0.196. The molecule has 112 valence electrons. The van der Waals surface area contributed by atoms with Crippen LogP contribution in [-0.4, -0.2) is 25.4 Å². The molecule has 1 amide bonds. The van der Waals surface area contributed by atoms with Crippen LogP contribution < -0.4 is 5.32 Å². The zero-order valence-electron chi connectivity index (χ0n) is 12.1. The fourth-order valence-corrected chi connectivity index (χ4v) is 2.40. The maximum Gasteiger partial charge on any atom is 0.272 e. The van der Waals surface area contributed by atoms with Gasteiger partial charge in [-0.15, -0.1) is 0 Å². The number of carbonyl (C=O) groups is 1. The number of hydrogen-bond donors (Lipinski definition) is 2. The van der Waals surface area contributed by atoms with E-state index in [2.05, 4.69) is 20.3 Å². The maximum absolute atomic E-state index is 12.3. The summed E-state index contributed by atoms with van der Waals surface area (Å²) in [6.45, 7) is 0. The second-order valence-electron chi connectivity index (χ2n) is 5.10. The number of hydrogen-bond acceptors (Lipinski definition) is 3. The first-order chi connectivity index (χ1) is 11.3. The summed E-state index contributed by atoms with van der Waals surface area (Å²) in [4.78, 5) is 23.7. The van der Waals surface area contributed by atoms with Crippen molar-refractivity contribution in [3.8, 4) is 5.82 Å². The molecular formula is C17H13N5O. The third-order valence-electron chi connectivity index (χ3n) is 3.55. The first-order valence-electron chi connectivity index (χ1n) is 7.13. The molecule has 23 heavy (non-hydrogen) atoms. The summed E-state index contributed by atoms with van der Waals surface area (Å²) in [6, 6.07) is 13.2. The minimum atomic E-state index is -0.196. The lowest BCUT2D eigenvalue weighted by molar-refractivity contribution is 0.102. The van der Waals surface area contributed by atoms with Crippen molar-refractivity contribution in [2.45, 2.75) is 0 Å². The number of aromatic nitrogens is 4. The number of H-pyrrole nitrogens is 1. The molecule has 3 aromatic heterocycles. The van der Waals surface area contributed by atoms with Gasteiger partial charge >= 0.3 is 0 Å². The van der Waals surface area contributed by atoms with E-state index in [9.17, 15) is 4.79 Å². The number of fused-ring (bicyclic) bond motifs is 1. The number of amides is 1. The monoisotopic (exact) mass is 303 g/mol. The van der Waals surface area contributed by atoms with Crippen molar-refractivity contribution in [3.63, 3.8) is 0 Å². The molecule has 0 aliphatic carbocycles. The van der Waals surface area contributed by atoms with Crippen LogP contribution in [-0.2, 0) is 0 Å². The standard InChI is InChI=1S/C17H13N5O/c23-17(15-9-12-3-1-2-4-14(12)21-15)20-13-5-6-16(19-10-13)22-8-7-18-11-22/h1-11,21H,(H,20,23). The van der Waals surface area contributed by atoms with Crippen LogP contribution in [0.1, 0.15) is 10.5 Å². The average Bonchev–Trinajstić information content (AvgIpc) is 3.25. The van der Waals surface area contributed by atoms with E-state index in [1.54, 1.807) is 23.3 Å². The molecule has 2 N–H and O–H groups in total. The zero-order valence-corrected chi connectivity index (χ0v) is 12.1. The van der Waals surface area contributed by atoms with Gasteiger partial charge in [0.25, 0.3) is 5.91 Å². The number of pyridine rings is 1. The first kappa shape index (κ1) is 13.3. The fourth-order valence-electron chi connectivity index (χ4n) is 2.40. The average molecular weight is 303 g/mol. The lowest BCUT2D eigenvalue weighted by Gasteiger charge is -2.05. The summed E-state index contributed by atoms with van der Waals surface area (Å²) in [5.74, 6) is 0.546. The third kappa shape index (κ3) is 2.57. The molecule has 0 spiro atoms. The summed E-state index contributed by atoms with van der Waals surface area (Å²) >= 11 is 0. The predicted molar refractivity (Wildman–Crippen MR) is 87.6 cm³/mol. The molecule has 4 aromatic rings. The van der Waals surface area contributed by atoms with E-state index >= 15 is 0 Å². The van der Waals surface area contributed by atoms with Gasteiger partial charge in [-0.25, -0.2) is 9.97 Å². The van der Waals surface area contributed by atoms with Crippen LogP contribution in [0.15, 0.2) is 67.4 Å². The van der Waals surface area contributed by atoms with Crippen molar-refractivity contribution in [1.29, 1.82) is 0 Å². The smallest absolute Gasteiger partial charge is 0.272 e. The molecule has 0 atom stereocenters. The fraction of sp³-hybridized carbons (Fsp3) is 0. The van der Waals surface area contributed by atoms with Gasteiger partial charge in [0.15, 0.2) is 0 Å². The van der Waals surface area contributed by atoms with Crippen LogP contribution in [0.5, 0.6) is 0 Å². The van der Waals surface area contributed by atoms with Crippen LogP contribution in [0.25, 0.3) is 16.7 Å². The molecule has 0 bridgehead atoms. The Labute approximate surface area is 131 Å². The van der Waals surface area contributed by atoms with Gasteiger partial charge < -0.3 is 10.3 Å². The van der Waals surface area contributed by atoms with Crippen molar-refractivity contribution in [3.05, 3.63) is 73.1 Å². The zero-order chi connectivity index (χ0) is 15.6. The highest BCUT2D eigenvalue weighted by Gasteiger charge is 2.10. The van der Waals surface area contributed by atoms with Crippen molar-refractivity contribution in [1.82, 2.24) is 19.5 Å². The number of nitrogens with zero attached hydrogens (tertiary/aromatic N) is 3. The number of para-hydroxylation sites is 1. The van der Waals surface area contributed by atoms with E-state index in [-0.39, 0.29) is 5.91 Å². The number of rotatable bonds is 3. The Kier molecular flexibility index (Phi) is 3.12. The molecule has 0 aliphatic rings. The molecule has 0 saturated heterocycles. The molecule has 6 heteroatoms. The second kappa shape index (κ2) is 5.42. The van der Waals surface area contributed by atoms with Crippen molar-refractivity contribution >= 4 is 22.5 Å². The Morgan fingerprint density at radius 3 is 2.83 bits per heavy atom. The van der Waals surface area contributed by atoms with Gasteiger partial charge in [0.1, 0.15) is 17.8 Å². The Hall–Kier alpha value is -3.41. The maximum atomic E-state index is 12.3. The Bertz CT molecular complexity index is 921. The molecule has 3 heterocycles. The summed E-state index contributed by atoms with van der Waals surface area (Å²) in [5.41, 5.74) is 2.09. The molecule has 0 radical (unpaired) electrons. The summed E-state index contributed by atoms with van der Waals surface area (Å²) in [7, 11) is 0. The van der Waals surface area contributed by atoms with Gasteiger partial charge in [-0.2, -0.15) is 0 Å². The van der Waals surface area contributed by atoms with Crippen molar-refractivity contribution in [2.24, 2.45) is 0 Å². The van der Waals surface area contributed by atoms with E-state index in [1.807, 2.05) is 48.7 Å². The Balaban J connectivity index is 1.54. The molecule has 0 saturated carbocycles. The van der Waals surface area contributed by atoms with E-state index in [0.717, 1.165) is 16.7 Å². The van der Waals surface area contributed by atoms with Gasteiger partial charge in [-0.05, 0) is 24.3 Å². The highest BCUT2D eigenvalue weighted by Crippen LogP contribution is 2.16. The van der Waals surface area contributed by atoms with Crippen LogP contribution in [0.2, 0.25) is 0 Å². The summed E-state index contributed by atoms with van der Waals surface area (Å²) in [6.07, 6.45) is 6.79.